The van der Waals surface area contributed by atoms with Crippen LogP contribution in [0.5, 0.6) is 0 Å². The summed E-state index contributed by atoms with van der Waals surface area (Å²) in [6, 6.07) is 0. The fraction of sp³-hybridized carbons (Fsp3) is 0.714. The number of allylic oxidation sites excluding steroid dienone is 1. The molecule has 0 saturated heterocycles. The first kappa shape index (κ1) is 14.7. The molecule has 74 valence electrons. The summed E-state index contributed by atoms with van der Waals surface area (Å²) in [5.41, 5.74) is 0. The highest BCUT2D eigenvalue weighted by atomic mass is 35.6. The summed E-state index contributed by atoms with van der Waals surface area (Å²) in [6.07, 6.45) is 4.08. The van der Waals surface area contributed by atoms with Gasteiger partial charge in [-0.3, -0.25) is 0 Å². The number of hydrogen-bond acceptors (Lipinski definition) is 2. The molecule has 0 amide bonds. The van der Waals surface area contributed by atoms with Gasteiger partial charge in [0, 0.05) is 5.88 Å². The lowest BCUT2D eigenvalue weighted by molar-refractivity contribution is -1.41. The number of quaternary nitrogens is 1. The van der Waals surface area contributed by atoms with Crippen LogP contribution in [0, 0.1) is 11.3 Å². The topological polar surface area (TPSA) is 46.1 Å². The zero-order chi connectivity index (χ0) is 10.0. The van der Waals surface area contributed by atoms with Gasteiger partial charge in [-0.05, 0) is 6.08 Å². The monoisotopic (exact) mass is 215 g/mol. The Morgan fingerprint density at radius 1 is 1.25 bits per heavy atom. The predicted octanol–water partition coefficient (Wildman–Crippen LogP) is -0.890. The van der Waals surface area contributed by atoms with Crippen LogP contribution in [-0.4, -0.2) is 38.1 Å². The summed E-state index contributed by atoms with van der Waals surface area (Å²) in [5, 5.41) is 0. The summed E-state index contributed by atoms with van der Waals surface area (Å²) in [5.74, 6) is 0.625. The van der Waals surface area contributed by atoms with E-state index in [2.05, 4.69) is 27.2 Å². The van der Waals surface area contributed by atoms with Crippen molar-refractivity contribution in [1.29, 1.82) is 0 Å². The highest BCUT2D eigenvalue weighted by Gasteiger charge is 2.00. The molecule has 0 aliphatic heterocycles. The van der Waals surface area contributed by atoms with Crippen LogP contribution in [-0.2, 0) is 0 Å². The van der Waals surface area contributed by atoms with E-state index in [1.54, 1.807) is 0 Å². The summed E-state index contributed by atoms with van der Waals surface area (Å²) >= 11 is 5.02. The Kier molecular flexibility index (Phi) is 11.4. The van der Waals surface area contributed by atoms with Crippen LogP contribution in [0.25, 0.3) is 0 Å². The minimum atomic E-state index is -0.417. The van der Waals surface area contributed by atoms with Crippen molar-refractivity contribution in [2.75, 3.05) is 33.6 Å². The predicted molar refractivity (Wildman–Crippen MR) is 42.8 cm³/mol. The smallest absolute Gasteiger partial charge is 0.0967 e. The standard InChI is InChI=1S/C7H15ClN.ClO2/c1-9(2,3)7-5-4-6-8;2-1-3/h4-5H,6-7H2,1-3H3;/q+1;-1. The lowest BCUT2D eigenvalue weighted by Crippen LogP contribution is -2.34. The largest absolute Gasteiger partial charge is 0.544 e. The molecule has 0 N–H and O–H groups in total. The molecule has 0 rings (SSSR count). The lowest BCUT2D eigenvalue weighted by Gasteiger charge is -2.21. The van der Waals surface area contributed by atoms with Crippen LogP contribution in [0.3, 0.4) is 0 Å². The number of nitrogens with zero attached hydrogens (tertiary/aromatic N) is 1. The van der Waals surface area contributed by atoms with Crippen molar-refractivity contribution in [1.82, 2.24) is 0 Å². The molecular weight excluding hydrogens is 201 g/mol. The second-order valence-electron chi connectivity index (χ2n) is 3.16. The Morgan fingerprint density at radius 2 is 1.67 bits per heavy atom. The summed E-state index contributed by atoms with van der Waals surface area (Å²) < 4.78 is 17.4. The second kappa shape index (κ2) is 9.29. The van der Waals surface area contributed by atoms with Crippen LogP contribution in [0.2, 0.25) is 0 Å². The fourth-order valence-electron chi connectivity index (χ4n) is 0.454. The number of alkyl halides is 1. The molecule has 0 spiro atoms. The van der Waals surface area contributed by atoms with Gasteiger partial charge >= 0.3 is 0 Å². The molecular formula is C7H15Cl2NO2. The molecule has 0 aromatic rings. The van der Waals surface area contributed by atoms with Gasteiger partial charge in [0.25, 0.3) is 0 Å². The van der Waals surface area contributed by atoms with Gasteiger partial charge in [0.2, 0.25) is 0 Å². The molecule has 0 aromatic carbocycles. The highest BCUT2D eigenvalue weighted by molar-refractivity contribution is 6.18. The van der Waals surface area contributed by atoms with E-state index in [0.29, 0.717) is 5.88 Å². The molecule has 0 aliphatic carbocycles. The molecule has 0 saturated carbocycles. The van der Waals surface area contributed by atoms with E-state index in [0.717, 1.165) is 11.0 Å². The van der Waals surface area contributed by atoms with E-state index in [-0.39, 0.29) is 0 Å². The third-order valence-electron chi connectivity index (χ3n) is 0.909. The zero-order valence-electron chi connectivity index (χ0n) is 7.59. The van der Waals surface area contributed by atoms with Crippen LogP contribution >= 0.6 is 11.6 Å². The van der Waals surface area contributed by atoms with Crippen molar-refractivity contribution in [3.05, 3.63) is 12.2 Å². The molecule has 0 fully saturated rings. The van der Waals surface area contributed by atoms with Crippen molar-refractivity contribution >= 4 is 11.6 Å². The van der Waals surface area contributed by atoms with E-state index < -0.39 is 11.3 Å². The number of likely N-dealkylation sites (N-methyl/N-ethyl adjacent to an activating group) is 1. The van der Waals surface area contributed by atoms with Crippen molar-refractivity contribution in [2.24, 2.45) is 0 Å². The highest BCUT2D eigenvalue weighted by Crippen LogP contribution is 1.89. The molecule has 0 aromatic heterocycles. The fourth-order valence-corrected chi connectivity index (χ4v) is 0.580. The molecule has 0 aliphatic rings. The Hall–Kier alpha value is 0.200. The van der Waals surface area contributed by atoms with Crippen molar-refractivity contribution in [3.63, 3.8) is 0 Å². The summed E-state index contributed by atoms with van der Waals surface area (Å²) in [6.45, 7) is 1.05. The van der Waals surface area contributed by atoms with Crippen molar-refractivity contribution in [2.45, 2.75) is 0 Å². The minimum absolute atomic E-state index is 0.417. The number of rotatable bonds is 3. The first-order valence-corrected chi connectivity index (χ1v) is 4.54. The number of halogens is 2. The molecule has 0 radical (unpaired) electrons. The maximum atomic E-state index is 8.24. The molecule has 0 atom stereocenters. The van der Waals surface area contributed by atoms with Gasteiger partial charge in [0.05, 0.1) is 39.0 Å². The average Bonchev–Trinajstić information content (AvgIpc) is 1.87. The Bertz CT molecular complexity index is 112. The first-order chi connectivity index (χ1) is 5.47. The van der Waals surface area contributed by atoms with Gasteiger partial charge in [-0.1, -0.05) is 6.08 Å². The average molecular weight is 216 g/mol. The van der Waals surface area contributed by atoms with E-state index in [9.17, 15) is 0 Å². The Morgan fingerprint density at radius 3 is 1.92 bits per heavy atom. The molecule has 5 heteroatoms. The van der Waals surface area contributed by atoms with Crippen LogP contribution < -0.4 is 9.32 Å². The van der Waals surface area contributed by atoms with Gasteiger partial charge in [0.15, 0.2) is 0 Å². The number of hydrogen-bond donors (Lipinski definition) is 0. The Balaban J connectivity index is 0. The van der Waals surface area contributed by atoms with E-state index in [1.807, 2.05) is 6.08 Å². The van der Waals surface area contributed by atoms with Crippen LogP contribution in [0.4, 0.5) is 0 Å². The van der Waals surface area contributed by atoms with E-state index >= 15 is 0 Å². The zero-order valence-corrected chi connectivity index (χ0v) is 9.10. The molecule has 12 heavy (non-hydrogen) atoms. The van der Waals surface area contributed by atoms with Gasteiger partial charge in [-0.25, -0.2) is 0 Å². The quantitative estimate of drug-likeness (QED) is 0.349. The second-order valence-corrected chi connectivity index (χ2v) is 3.60. The third kappa shape index (κ3) is 22.5. The molecule has 0 unspecified atom stereocenters. The molecule has 0 bridgehead atoms. The van der Waals surface area contributed by atoms with Crippen molar-refractivity contribution < 1.29 is 25.1 Å². The normalized spacial score (nSPS) is 11.2. The first-order valence-electron chi connectivity index (χ1n) is 3.38. The van der Waals surface area contributed by atoms with E-state index in [4.69, 9.17) is 20.9 Å². The van der Waals surface area contributed by atoms with Gasteiger partial charge in [-0.2, -0.15) is 0 Å². The molecule has 0 heterocycles. The van der Waals surface area contributed by atoms with Crippen LogP contribution in [0.15, 0.2) is 12.2 Å². The van der Waals surface area contributed by atoms with E-state index in [1.165, 1.54) is 0 Å². The SMILES string of the molecule is C[N+](C)(C)CC=CCCl.[O-][Cl+][O-]. The van der Waals surface area contributed by atoms with Crippen molar-refractivity contribution in [3.8, 4) is 0 Å². The maximum absolute atomic E-state index is 8.24. The van der Waals surface area contributed by atoms with Gasteiger partial charge < -0.3 is 13.8 Å². The molecule has 3 nitrogen and oxygen atoms in total. The third-order valence-corrected chi connectivity index (χ3v) is 1.09. The van der Waals surface area contributed by atoms with Gasteiger partial charge in [-0.15, -0.1) is 11.6 Å². The minimum Gasteiger partial charge on any atom is -0.544 e. The Labute approximate surface area is 82.9 Å². The lowest BCUT2D eigenvalue weighted by atomic mass is 10.4. The maximum Gasteiger partial charge on any atom is 0.0967 e. The van der Waals surface area contributed by atoms with Gasteiger partial charge in [0.1, 0.15) is 0 Å². The van der Waals surface area contributed by atoms with Crippen LogP contribution in [0.1, 0.15) is 0 Å². The summed E-state index contributed by atoms with van der Waals surface area (Å²) in [4.78, 5) is 0. The summed E-state index contributed by atoms with van der Waals surface area (Å²) in [7, 11) is 6.45.